The van der Waals surface area contributed by atoms with E-state index in [2.05, 4.69) is 10.1 Å². The summed E-state index contributed by atoms with van der Waals surface area (Å²) in [5.41, 5.74) is 1.11. The summed E-state index contributed by atoms with van der Waals surface area (Å²) in [7, 11) is 0. The van der Waals surface area contributed by atoms with Gasteiger partial charge in [0.15, 0.2) is 5.82 Å². The summed E-state index contributed by atoms with van der Waals surface area (Å²) in [6.07, 6.45) is 2.31. The highest BCUT2D eigenvalue weighted by Crippen LogP contribution is 2.27. The van der Waals surface area contributed by atoms with E-state index in [9.17, 15) is 4.79 Å². The molecule has 1 fully saturated rings. The molecule has 2 aromatic heterocycles. The molecule has 0 N–H and O–H groups in total. The molecule has 1 aliphatic heterocycles. The van der Waals surface area contributed by atoms with Crippen LogP contribution >= 0.6 is 11.3 Å². The summed E-state index contributed by atoms with van der Waals surface area (Å²) in [5, 5.41) is 7.87. The highest BCUT2D eigenvalue weighted by atomic mass is 32.1. The van der Waals surface area contributed by atoms with Crippen molar-refractivity contribution in [2.75, 3.05) is 13.1 Å². The van der Waals surface area contributed by atoms with Gasteiger partial charge in [-0.15, -0.1) is 0 Å². The topological polar surface area (TPSA) is 59.2 Å². The fourth-order valence-corrected chi connectivity index (χ4v) is 3.20. The molecule has 0 bridgehead atoms. The fraction of sp³-hybridized carbons (Fsp3) is 0.500. The molecule has 3 heterocycles. The number of hydrogen-bond acceptors (Lipinski definition) is 5. The van der Waals surface area contributed by atoms with E-state index < -0.39 is 0 Å². The molecule has 0 saturated carbocycles. The number of thiophene rings is 1. The van der Waals surface area contributed by atoms with Crippen molar-refractivity contribution in [2.45, 2.75) is 32.1 Å². The maximum absolute atomic E-state index is 12.2. The Labute approximate surface area is 121 Å². The second-order valence-electron chi connectivity index (χ2n) is 5.14. The van der Waals surface area contributed by atoms with Gasteiger partial charge >= 0.3 is 0 Å². The molecular weight excluding hydrogens is 274 g/mol. The van der Waals surface area contributed by atoms with Crippen molar-refractivity contribution in [3.8, 4) is 0 Å². The van der Waals surface area contributed by atoms with E-state index in [1.54, 1.807) is 11.3 Å². The Kier molecular flexibility index (Phi) is 3.82. The van der Waals surface area contributed by atoms with Crippen LogP contribution in [0.1, 0.15) is 36.0 Å². The highest BCUT2D eigenvalue weighted by Gasteiger charge is 2.27. The maximum atomic E-state index is 12.2. The Morgan fingerprint density at radius 3 is 2.90 bits per heavy atom. The standard InChI is InChI=1S/C14H17N3O2S/c1-10-15-14(19-16-10)12-2-5-17(6-3-12)13(18)8-11-4-7-20-9-11/h4,7,9,12H,2-3,5-6,8H2,1H3. The Morgan fingerprint density at radius 1 is 1.50 bits per heavy atom. The first-order chi connectivity index (χ1) is 9.72. The monoisotopic (exact) mass is 291 g/mol. The molecule has 0 radical (unpaired) electrons. The molecule has 0 aliphatic carbocycles. The largest absolute Gasteiger partial charge is 0.342 e. The van der Waals surface area contributed by atoms with Gasteiger partial charge in [-0.2, -0.15) is 16.3 Å². The van der Waals surface area contributed by atoms with Crippen LogP contribution in [-0.2, 0) is 11.2 Å². The molecule has 2 aromatic rings. The molecule has 6 heteroatoms. The van der Waals surface area contributed by atoms with E-state index >= 15 is 0 Å². The molecule has 106 valence electrons. The Morgan fingerprint density at radius 2 is 2.30 bits per heavy atom. The van der Waals surface area contributed by atoms with Gasteiger partial charge in [-0.05, 0) is 42.2 Å². The van der Waals surface area contributed by atoms with Gasteiger partial charge in [0, 0.05) is 19.0 Å². The molecule has 5 nitrogen and oxygen atoms in total. The molecule has 0 atom stereocenters. The Balaban J connectivity index is 1.54. The van der Waals surface area contributed by atoms with E-state index in [1.165, 1.54) is 0 Å². The van der Waals surface area contributed by atoms with Crippen molar-refractivity contribution in [1.29, 1.82) is 0 Å². The number of nitrogens with zero attached hydrogens (tertiary/aromatic N) is 3. The van der Waals surface area contributed by atoms with Crippen molar-refractivity contribution in [3.63, 3.8) is 0 Å². The first kappa shape index (κ1) is 13.3. The third-order valence-electron chi connectivity index (χ3n) is 3.68. The maximum Gasteiger partial charge on any atom is 0.229 e. The van der Waals surface area contributed by atoms with E-state index in [-0.39, 0.29) is 5.91 Å². The Bertz CT molecular complexity index is 571. The summed E-state index contributed by atoms with van der Waals surface area (Å²) in [6.45, 7) is 3.37. The van der Waals surface area contributed by atoms with Gasteiger partial charge in [-0.1, -0.05) is 5.16 Å². The molecule has 0 unspecified atom stereocenters. The average molecular weight is 291 g/mol. The second-order valence-corrected chi connectivity index (χ2v) is 5.92. The van der Waals surface area contributed by atoms with Crippen molar-refractivity contribution < 1.29 is 9.32 Å². The summed E-state index contributed by atoms with van der Waals surface area (Å²) in [6, 6.07) is 2.01. The van der Waals surface area contributed by atoms with Crippen molar-refractivity contribution in [2.24, 2.45) is 0 Å². The third-order valence-corrected chi connectivity index (χ3v) is 4.41. The molecule has 1 amide bonds. The number of amides is 1. The summed E-state index contributed by atoms with van der Waals surface area (Å²) in [5.74, 6) is 1.90. The summed E-state index contributed by atoms with van der Waals surface area (Å²) in [4.78, 5) is 18.4. The molecular formula is C14H17N3O2S. The predicted molar refractivity (Wildman–Crippen MR) is 75.6 cm³/mol. The number of carbonyl (C=O) groups excluding carboxylic acids is 1. The van der Waals surface area contributed by atoms with Gasteiger partial charge in [0.05, 0.1) is 6.42 Å². The normalized spacial score (nSPS) is 16.6. The first-order valence-electron chi connectivity index (χ1n) is 6.81. The van der Waals surface area contributed by atoms with Crippen LogP contribution in [0.3, 0.4) is 0 Å². The minimum Gasteiger partial charge on any atom is -0.342 e. The molecule has 0 aromatic carbocycles. The Hall–Kier alpha value is -1.69. The summed E-state index contributed by atoms with van der Waals surface area (Å²) < 4.78 is 5.22. The quantitative estimate of drug-likeness (QED) is 0.871. The lowest BCUT2D eigenvalue weighted by Gasteiger charge is -2.30. The molecule has 1 aliphatic rings. The van der Waals surface area contributed by atoms with Crippen LogP contribution < -0.4 is 0 Å². The SMILES string of the molecule is Cc1noc(C2CCN(C(=O)Cc3ccsc3)CC2)n1. The smallest absolute Gasteiger partial charge is 0.229 e. The zero-order valence-electron chi connectivity index (χ0n) is 11.4. The van der Waals surface area contributed by atoms with Crippen LogP contribution in [0.4, 0.5) is 0 Å². The number of hydrogen-bond donors (Lipinski definition) is 0. The van der Waals surface area contributed by atoms with Crippen LogP contribution in [0.15, 0.2) is 21.3 Å². The van der Waals surface area contributed by atoms with Crippen LogP contribution in [0, 0.1) is 6.92 Å². The number of carbonyl (C=O) groups is 1. The van der Waals surface area contributed by atoms with E-state index in [1.807, 2.05) is 28.7 Å². The molecule has 3 rings (SSSR count). The van der Waals surface area contributed by atoms with Crippen molar-refractivity contribution in [3.05, 3.63) is 34.1 Å². The molecule has 0 spiro atoms. The van der Waals surface area contributed by atoms with Crippen LogP contribution in [-0.4, -0.2) is 34.0 Å². The van der Waals surface area contributed by atoms with E-state index in [0.717, 1.165) is 31.5 Å². The van der Waals surface area contributed by atoms with Crippen LogP contribution in [0.2, 0.25) is 0 Å². The van der Waals surface area contributed by atoms with Crippen LogP contribution in [0.25, 0.3) is 0 Å². The average Bonchev–Trinajstić information content (AvgIpc) is 3.10. The van der Waals surface area contributed by atoms with Gasteiger partial charge in [0.1, 0.15) is 0 Å². The highest BCUT2D eigenvalue weighted by molar-refractivity contribution is 7.07. The van der Waals surface area contributed by atoms with E-state index in [0.29, 0.717) is 24.1 Å². The lowest BCUT2D eigenvalue weighted by atomic mass is 9.96. The second kappa shape index (κ2) is 5.75. The van der Waals surface area contributed by atoms with E-state index in [4.69, 9.17) is 4.52 Å². The minimum absolute atomic E-state index is 0.212. The molecule has 20 heavy (non-hydrogen) atoms. The van der Waals surface area contributed by atoms with Gasteiger partial charge < -0.3 is 9.42 Å². The lowest BCUT2D eigenvalue weighted by molar-refractivity contribution is -0.131. The summed E-state index contributed by atoms with van der Waals surface area (Å²) >= 11 is 1.63. The first-order valence-corrected chi connectivity index (χ1v) is 7.75. The van der Waals surface area contributed by atoms with Crippen LogP contribution in [0.5, 0.6) is 0 Å². The predicted octanol–water partition coefficient (Wildman–Crippen LogP) is 2.39. The number of aryl methyl sites for hydroxylation is 1. The van der Waals surface area contributed by atoms with Gasteiger partial charge in [0.2, 0.25) is 11.8 Å². The van der Waals surface area contributed by atoms with Gasteiger partial charge in [-0.25, -0.2) is 0 Å². The zero-order valence-corrected chi connectivity index (χ0v) is 12.2. The van der Waals surface area contributed by atoms with Crippen molar-refractivity contribution >= 4 is 17.2 Å². The number of likely N-dealkylation sites (tertiary alicyclic amines) is 1. The van der Waals surface area contributed by atoms with Gasteiger partial charge in [-0.3, -0.25) is 4.79 Å². The lowest BCUT2D eigenvalue weighted by Crippen LogP contribution is -2.38. The number of piperidine rings is 1. The van der Waals surface area contributed by atoms with Crippen molar-refractivity contribution in [1.82, 2.24) is 15.0 Å². The third kappa shape index (κ3) is 2.90. The molecule has 1 saturated heterocycles. The minimum atomic E-state index is 0.212. The zero-order chi connectivity index (χ0) is 13.9. The fourth-order valence-electron chi connectivity index (χ4n) is 2.53. The van der Waals surface area contributed by atoms with Gasteiger partial charge in [0.25, 0.3) is 0 Å². The number of rotatable bonds is 3. The number of aromatic nitrogens is 2.